The van der Waals surface area contributed by atoms with Crippen LogP contribution in [0.3, 0.4) is 0 Å². The van der Waals surface area contributed by atoms with E-state index in [4.69, 9.17) is 10.5 Å². The van der Waals surface area contributed by atoms with Crippen LogP contribution in [0.2, 0.25) is 0 Å². The van der Waals surface area contributed by atoms with Crippen LogP contribution in [0.4, 0.5) is 18.2 Å². The number of amides is 2. The highest BCUT2D eigenvalue weighted by molar-refractivity contribution is 7.14. The molecule has 28 heavy (non-hydrogen) atoms. The molecule has 0 spiro atoms. The number of carbonyl (C=O) groups is 3. The van der Waals surface area contributed by atoms with Crippen molar-refractivity contribution in [1.82, 2.24) is 0 Å². The molecule has 1 heterocycles. The van der Waals surface area contributed by atoms with E-state index in [1.807, 2.05) is 0 Å². The fourth-order valence-corrected chi connectivity index (χ4v) is 2.82. The third kappa shape index (κ3) is 5.68. The van der Waals surface area contributed by atoms with Crippen LogP contribution in [-0.4, -0.2) is 23.9 Å². The number of primary amides is 1. The maximum Gasteiger partial charge on any atom is 0.416 e. The number of ether oxygens (including phenoxy) is 1. The number of benzene rings is 1. The molecule has 3 N–H and O–H groups in total. The monoisotopic (exact) mass is 412 g/mol. The molecule has 148 valence electrons. The van der Waals surface area contributed by atoms with Crippen molar-refractivity contribution in [1.29, 1.82) is 0 Å². The van der Waals surface area contributed by atoms with Crippen molar-refractivity contribution in [2.75, 3.05) is 5.32 Å². The van der Waals surface area contributed by atoms with Gasteiger partial charge >= 0.3 is 12.1 Å². The third-order valence-corrected chi connectivity index (χ3v) is 4.31. The van der Waals surface area contributed by atoms with Crippen molar-refractivity contribution in [3.8, 4) is 0 Å². The third-order valence-electron chi connectivity index (χ3n) is 3.48. The largest absolute Gasteiger partial charge is 0.449 e. The number of hydrogen-bond donors (Lipinski definition) is 2. The first kappa shape index (κ1) is 21.2. The molecule has 2 aromatic rings. The number of halogens is 3. The molecular formula is C18H15F3N2O4S. The fraction of sp³-hybridized carbons (Fsp3) is 0.167. The van der Waals surface area contributed by atoms with Crippen LogP contribution >= 0.6 is 11.3 Å². The molecular weight excluding hydrogens is 397 g/mol. The number of esters is 1. The summed E-state index contributed by atoms with van der Waals surface area (Å²) in [7, 11) is 0. The van der Waals surface area contributed by atoms with Gasteiger partial charge in [0.1, 0.15) is 5.00 Å². The Hall–Kier alpha value is -3.14. The van der Waals surface area contributed by atoms with E-state index in [-0.39, 0.29) is 10.6 Å². The maximum absolute atomic E-state index is 12.5. The van der Waals surface area contributed by atoms with E-state index in [0.29, 0.717) is 5.56 Å². The van der Waals surface area contributed by atoms with Gasteiger partial charge in [-0.15, -0.1) is 11.3 Å². The molecule has 10 heteroatoms. The van der Waals surface area contributed by atoms with Crippen molar-refractivity contribution in [2.45, 2.75) is 19.2 Å². The van der Waals surface area contributed by atoms with E-state index in [1.54, 1.807) is 5.38 Å². The van der Waals surface area contributed by atoms with Gasteiger partial charge in [0.2, 0.25) is 0 Å². The minimum atomic E-state index is -4.44. The summed E-state index contributed by atoms with van der Waals surface area (Å²) in [5, 5.41) is 4.25. The fourth-order valence-electron chi connectivity index (χ4n) is 2.03. The highest BCUT2D eigenvalue weighted by atomic mass is 32.1. The van der Waals surface area contributed by atoms with Gasteiger partial charge in [-0.1, -0.05) is 12.1 Å². The number of hydrogen-bond acceptors (Lipinski definition) is 5. The Labute approximate surface area is 161 Å². The van der Waals surface area contributed by atoms with Gasteiger partial charge in [-0.3, -0.25) is 9.59 Å². The Balaban J connectivity index is 1.92. The van der Waals surface area contributed by atoms with E-state index in [9.17, 15) is 27.6 Å². The summed E-state index contributed by atoms with van der Waals surface area (Å²) in [5.74, 6) is -2.23. The summed E-state index contributed by atoms with van der Waals surface area (Å²) in [6.45, 7) is 1.33. The maximum atomic E-state index is 12.5. The number of nitrogens with two attached hydrogens (primary N) is 1. The van der Waals surface area contributed by atoms with Crippen molar-refractivity contribution in [2.24, 2.45) is 5.73 Å². The number of nitrogens with one attached hydrogen (secondary N) is 1. The van der Waals surface area contributed by atoms with Gasteiger partial charge in [-0.25, -0.2) is 4.79 Å². The summed E-state index contributed by atoms with van der Waals surface area (Å²) >= 11 is 1.09. The molecule has 6 nitrogen and oxygen atoms in total. The van der Waals surface area contributed by atoms with Crippen LogP contribution in [0.5, 0.6) is 0 Å². The zero-order valence-electron chi connectivity index (χ0n) is 14.4. The molecule has 1 aromatic heterocycles. The number of rotatable bonds is 6. The lowest BCUT2D eigenvalue weighted by Gasteiger charge is -2.12. The molecule has 1 atom stereocenters. The second kappa shape index (κ2) is 8.70. The van der Waals surface area contributed by atoms with Crippen LogP contribution in [-0.2, 0) is 20.5 Å². The highest BCUT2D eigenvalue weighted by Crippen LogP contribution is 2.29. The summed E-state index contributed by atoms with van der Waals surface area (Å²) in [6.07, 6.45) is -3.36. The minimum absolute atomic E-state index is 0.138. The lowest BCUT2D eigenvalue weighted by Crippen LogP contribution is -2.29. The molecule has 0 radical (unpaired) electrons. The van der Waals surface area contributed by atoms with Gasteiger partial charge in [0.15, 0.2) is 6.10 Å². The molecule has 0 saturated heterocycles. The lowest BCUT2D eigenvalue weighted by atomic mass is 10.1. The topological polar surface area (TPSA) is 98.5 Å². The van der Waals surface area contributed by atoms with Gasteiger partial charge < -0.3 is 15.8 Å². The molecule has 0 aliphatic heterocycles. The highest BCUT2D eigenvalue weighted by Gasteiger charge is 2.29. The summed E-state index contributed by atoms with van der Waals surface area (Å²) in [5.41, 5.74) is 4.87. The van der Waals surface area contributed by atoms with Crippen LogP contribution in [0.25, 0.3) is 6.08 Å². The first-order chi connectivity index (χ1) is 13.1. The van der Waals surface area contributed by atoms with Crippen LogP contribution < -0.4 is 11.1 Å². The van der Waals surface area contributed by atoms with Crippen LogP contribution in [0, 0.1) is 0 Å². The molecule has 2 rings (SSSR count). The first-order valence-corrected chi connectivity index (χ1v) is 8.70. The Bertz CT molecular complexity index is 904. The average Bonchev–Trinajstić information content (AvgIpc) is 3.08. The van der Waals surface area contributed by atoms with Gasteiger partial charge in [-0.05, 0) is 42.1 Å². The number of alkyl halides is 3. The van der Waals surface area contributed by atoms with Gasteiger partial charge in [0, 0.05) is 6.08 Å². The number of carbonyl (C=O) groups excluding carboxylic acids is 3. The zero-order valence-corrected chi connectivity index (χ0v) is 15.3. The Morgan fingerprint density at radius 2 is 1.82 bits per heavy atom. The summed E-state index contributed by atoms with van der Waals surface area (Å²) in [6, 6.07) is 5.62. The predicted molar refractivity (Wildman–Crippen MR) is 97.5 cm³/mol. The van der Waals surface area contributed by atoms with Crippen molar-refractivity contribution in [3.63, 3.8) is 0 Å². The molecule has 0 aliphatic carbocycles. The summed E-state index contributed by atoms with van der Waals surface area (Å²) in [4.78, 5) is 35.1. The van der Waals surface area contributed by atoms with Crippen molar-refractivity contribution >= 4 is 40.2 Å². The van der Waals surface area contributed by atoms with Gasteiger partial charge in [0.25, 0.3) is 11.8 Å². The standard InChI is InChI=1S/C18H15F3N2O4S/c1-10(16(26)23-17-13(15(22)25)8-9-28-17)27-14(24)7-4-11-2-5-12(6-3-11)18(19,20)21/h2-10H,1H3,(H2,22,25)(H,23,26)/b7-4+/t10-/m1/s1. The summed E-state index contributed by atoms with van der Waals surface area (Å²) < 4.78 is 42.4. The number of thiophene rings is 1. The average molecular weight is 412 g/mol. The molecule has 0 saturated carbocycles. The smallest absolute Gasteiger partial charge is 0.416 e. The SMILES string of the molecule is C[C@@H](OC(=O)/C=C/c1ccc(C(F)(F)F)cc1)C(=O)Nc1sccc1C(N)=O. The second-order valence-electron chi connectivity index (χ2n) is 5.55. The van der Waals surface area contributed by atoms with E-state index < -0.39 is 35.6 Å². The van der Waals surface area contributed by atoms with Crippen LogP contribution in [0.15, 0.2) is 41.8 Å². The Morgan fingerprint density at radius 1 is 1.18 bits per heavy atom. The van der Waals surface area contributed by atoms with Crippen molar-refractivity contribution in [3.05, 3.63) is 58.5 Å². The minimum Gasteiger partial charge on any atom is -0.449 e. The molecule has 0 unspecified atom stereocenters. The quantitative estimate of drug-likeness (QED) is 0.561. The van der Waals surface area contributed by atoms with E-state index in [2.05, 4.69) is 5.32 Å². The normalized spacial score (nSPS) is 12.6. The molecule has 2 amide bonds. The van der Waals surface area contributed by atoms with Crippen molar-refractivity contribution < 1.29 is 32.3 Å². The molecule has 0 bridgehead atoms. The van der Waals surface area contributed by atoms with Crippen LogP contribution in [0.1, 0.15) is 28.4 Å². The second-order valence-corrected chi connectivity index (χ2v) is 6.47. The molecule has 1 aromatic carbocycles. The van der Waals surface area contributed by atoms with E-state index >= 15 is 0 Å². The zero-order chi connectivity index (χ0) is 20.9. The van der Waals surface area contributed by atoms with Gasteiger partial charge in [-0.2, -0.15) is 13.2 Å². The molecule has 0 aliphatic rings. The predicted octanol–water partition coefficient (Wildman–Crippen LogP) is 3.45. The van der Waals surface area contributed by atoms with E-state index in [1.165, 1.54) is 31.2 Å². The first-order valence-electron chi connectivity index (χ1n) is 7.82. The molecule has 0 fully saturated rings. The van der Waals surface area contributed by atoms with Gasteiger partial charge in [0.05, 0.1) is 11.1 Å². The Kier molecular flexibility index (Phi) is 6.57. The van der Waals surface area contributed by atoms with E-state index in [0.717, 1.165) is 29.5 Å². The lowest BCUT2D eigenvalue weighted by molar-refractivity contribution is -0.148. The Morgan fingerprint density at radius 3 is 2.39 bits per heavy atom. The number of anilines is 1.